The highest BCUT2D eigenvalue weighted by Gasteiger charge is 2.36. The van der Waals surface area contributed by atoms with Crippen LogP contribution in [-0.4, -0.2) is 25.2 Å². The number of benzene rings is 2. The summed E-state index contributed by atoms with van der Waals surface area (Å²) in [5.74, 6) is -3.17. The number of ether oxygens (including phenoxy) is 1. The second-order valence-corrected chi connectivity index (χ2v) is 6.46. The molecule has 2 aromatic rings. The molecule has 7 heteroatoms. The number of esters is 1. The molecule has 0 spiro atoms. The van der Waals surface area contributed by atoms with Gasteiger partial charge in [-0.15, -0.1) is 0 Å². The third kappa shape index (κ3) is 3.85. The zero-order valence-corrected chi connectivity index (χ0v) is 15.1. The molecule has 0 saturated heterocycles. The summed E-state index contributed by atoms with van der Waals surface area (Å²) in [6, 6.07) is 11.2. The molecular formula is C20H16ClF2NO3. The topological polar surface area (TPSA) is 55.4 Å². The molecule has 27 heavy (non-hydrogen) atoms. The molecule has 4 nitrogen and oxygen atoms in total. The van der Waals surface area contributed by atoms with Crippen LogP contribution in [0.3, 0.4) is 0 Å². The van der Waals surface area contributed by atoms with Crippen LogP contribution in [-0.2, 0) is 14.3 Å². The van der Waals surface area contributed by atoms with Gasteiger partial charge in [-0.1, -0.05) is 41.9 Å². The van der Waals surface area contributed by atoms with Gasteiger partial charge in [-0.25, -0.2) is 13.6 Å². The average Bonchev–Trinajstić information content (AvgIpc) is 3.05. The van der Waals surface area contributed by atoms with E-state index >= 15 is 0 Å². The van der Waals surface area contributed by atoms with Crippen LogP contribution in [0.1, 0.15) is 6.42 Å². The van der Waals surface area contributed by atoms with Crippen molar-refractivity contribution < 1.29 is 23.1 Å². The molecule has 0 radical (unpaired) electrons. The SMILES string of the molecule is COC(=O)C1=CC(F)C[C@H]1C(=O)Nc1cccc(-c2ccccc2Cl)c1F. The van der Waals surface area contributed by atoms with Crippen molar-refractivity contribution in [1.29, 1.82) is 0 Å². The molecule has 1 aliphatic rings. The quantitative estimate of drug-likeness (QED) is 0.778. The number of hydrogen-bond donors (Lipinski definition) is 1. The summed E-state index contributed by atoms with van der Waals surface area (Å²) in [5, 5.41) is 2.81. The van der Waals surface area contributed by atoms with E-state index in [1.165, 1.54) is 6.07 Å². The first-order chi connectivity index (χ1) is 12.9. The maximum absolute atomic E-state index is 14.9. The molecule has 0 heterocycles. The lowest BCUT2D eigenvalue weighted by molar-refractivity contribution is -0.137. The van der Waals surface area contributed by atoms with Gasteiger partial charge in [0.15, 0.2) is 5.82 Å². The summed E-state index contributed by atoms with van der Waals surface area (Å²) in [5.41, 5.74) is 0.554. The molecule has 1 unspecified atom stereocenters. The van der Waals surface area contributed by atoms with Gasteiger partial charge in [-0.3, -0.25) is 4.79 Å². The van der Waals surface area contributed by atoms with Crippen LogP contribution in [0.25, 0.3) is 11.1 Å². The molecule has 1 amide bonds. The van der Waals surface area contributed by atoms with E-state index in [0.29, 0.717) is 10.6 Å². The van der Waals surface area contributed by atoms with Crippen molar-refractivity contribution in [3.63, 3.8) is 0 Å². The van der Waals surface area contributed by atoms with Gasteiger partial charge in [0.05, 0.1) is 18.7 Å². The minimum atomic E-state index is -1.44. The van der Waals surface area contributed by atoms with Crippen LogP contribution >= 0.6 is 11.6 Å². The largest absolute Gasteiger partial charge is 0.466 e. The first-order valence-corrected chi connectivity index (χ1v) is 8.58. The molecule has 0 fully saturated rings. The van der Waals surface area contributed by atoms with Gasteiger partial charge in [0.2, 0.25) is 5.91 Å². The van der Waals surface area contributed by atoms with Crippen LogP contribution in [0.15, 0.2) is 54.1 Å². The fourth-order valence-corrected chi connectivity index (χ4v) is 3.28. The van der Waals surface area contributed by atoms with E-state index in [2.05, 4.69) is 10.1 Å². The van der Waals surface area contributed by atoms with Crippen LogP contribution in [0, 0.1) is 11.7 Å². The first-order valence-electron chi connectivity index (χ1n) is 8.20. The first kappa shape index (κ1) is 19.0. The van der Waals surface area contributed by atoms with Crippen molar-refractivity contribution in [1.82, 2.24) is 0 Å². The molecule has 0 bridgehead atoms. The molecule has 0 saturated carbocycles. The molecule has 3 rings (SSSR count). The number of rotatable bonds is 4. The fourth-order valence-electron chi connectivity index (χ4n) is 3.04. The Labute approximate surface area is 159 Å². The van der Waals surface area contributed by atoms with Crippen molar-refractivity contribution in [3.05, 3.63) is 65.0 Å². The van der Waals surface area contributed by atoms with E-state index < -0.39 is 29.8 Å². The number of nitrogens with one attached hydrogen (secondary N) is 1. The Hall–Kier alpha value is -2.73. The number of allylic oxidation sites excluding steroid dienone is 1. The standard InChI is InChI=1S/C20H16ClF2NO3/c1-27-20(26)15-10-11(22)9-14(15)19(25)24-17-8-4-6-13(18(17)23)12-5-2-3-7-16(12)21/h2-8,10-11,14H,9H2,1H3,(H,24,25)/t11?,14-/m1/s1. The number of alkyl halides is 1. The number of carbonyl (C=O) groups is 2. The van der Waals surface area contributed by atoms with Crippen molar-refractivity contribution in [2.45, 2.75) is 12.6 Å². The Balaban J connectivity index is 1.87. The van der Waals surface area contributed by atoms with E-state index in [1.807, 2.05) is 0 Å². The van der Waals surface area contributed by atoms with Gasteiger partial charge in [0, 0.05) is 21.7 Å². The highest BCUT2D eigenvalue weighted by Crippen LogP contribution is 2.34. The molecule has 0 aromatic heterocycles. The van der Waals surface area contributed by atoms with Crippen molar-refractivity contribution in [2.24, 2.45) is 5.92 Å². The van der Waals surface area contributed by atoms with E-state index in [-0.39, 0.29) is 23.2 Å². The highest BCUT2D eigenvalue weighted by molar-refractivity contribution is 6.33. The lowest BCUT2D eigenvalue weighted by Crippen LogP contribution is -2.26. The predicted octanol–water partition coefficient (Wildman–Crippen LogP) is 4.54. The molecule has 1 N–H and O–H groups in total. The van der Waals surface area contributed by atoms with E-state index in [4.69, 9.17) is 11.6 Å². The number of amides is 1. The molecule has 2 aromatic carbocycles. The molecule has 1 aliphatic carbocycles. The van der Waals surface area contributed by atoms with E-state index in [9.17, 15) is 18.4 Å². The van der Waals surface area contributed by atoms with Crippen molar-refractivity contribution in [2.75, 3.05) is 12.4 Å². The van der Waals surface area contributed by atoms with Gasteiger partial charge in [-0.2, -0.15) is 0 Å². The second-order valence-electron chi connectivity index (χ2n) is 6.05. The summed E-state index contributed by atoms with van der Waals surface area (Å²) >= 11 is 6.12. The van der Waals surface area contributed by atoms with Gasteiger partial charge in [0.25, 0.3) is 0 Å². The Morgan fingerprint density at radius 3 is 2.56 bits per heavy atom. The molecule has 2 atom stereocenters. The van der Waals surface area contributed by atoms with E-state index in [1.54, 1.807) is 36.4 Å². The number of anilines is 1. The zero-order chi connectivity index (χ0) is 19.6. The lowest BCUT2D eigenvalue weighted by Gasteiger charge is -2.15. The third-order valence-corrected chi connectivity index (χ3v) is 4.68. The van der Waals surface area contributed by atoms with Crippen LogP contribution in [0.5, 0.6) is 0 Å². The lowest BCUT2D eigenvalue weighted by atomic mass is 9.99. The summed E-state index contributed by atoms with van der Waals surface area (Å²) in [4.78, 5) is 24.3. The zero-order valence-electron chi connectivity index (χ0n) is 14.3. The number of halogens is 3. The molecular weight excluding hydrogens is 376 g/mol. The highest BCUT2D eigenvalue weighted by atomic mass is 35.5. The third-order valence-electron chi connectivity index (χ3n) is 4.35. The second kappa shape index (κ2) is 7.88. The van der Waals surface area contributed by atoms with Crippen molar-refractivity contribution >= 4 is 29.2 Å². The van der Waals surface area contributed by atoms with Gasteiger partial charge in [-0.05, 0) is 24.6 Å². The van der Waals surface area contributed by atoms with Crippen molar-refractivity contribution in [3.8, 4) is 11.1 Å². The summed E-state index contributed by atoms with van der Waals surface area (Å²) < 4.78 is 33.2. The van der Waals surface area contributed by atoms with Crippen LogP contribution in [0.2, 0.25) is 5.02 Å². The maximum atomic E-state index is 14.9. The monoisotopic (exact) mass is 391 g/mol. The Kier molecular flexibility index (Phi) is 5.56. The minimum Gasteiger partial charge on any atom is -0.466 e. The molecule has 140 valence electrons. The molecule has 0 aliphatic heterocycles. The summed E-state index contributed by atoms with van der Waals surface area (Å²) in [6.45, 7) is 0. The number of carbonyl (C=O) groups excluding carboxylic acids is 2. The Morgan fingerprint density at radius 1 is 1.15 bits per heavy atom. The average molecular weight is 392 g/mol. The van der Waals surface area contributed by atoms with Gasteiger partial charge >= 0.3 is 5.97 Å². The Bertz CT molecular complexity index is 929. The number of hydrogen-bond acceptors (Lipinski definition) is 3. The minimum absolute atomic E-state index is 0.0647. The maximum Gasteiger partial charge on any atom is 0.334 e. The van der Waals surface area contributed by atoms with Gasteiger partial charge < -0.3 is 10.1 Å². The van der Waals surface area contributed by atoms with E-state index in [0.717, 1.165) is 13.2 Å². The normalized spacial score (nSPS) is 18.7. The summed E-state index contributed by atoms with van der Waals surface area (Å²) in [7, 11) is 1.15. The Morgan fingerprint density at radius 2 is 1.85 bits per heavy atom. The fraction of sp³-hybridized carbons (Fsp3) is 0.200. The smallest absolute Gasteiger partial charge is 0.334 e. The predicted molar refractivity (Wildman–Crippen MR) is 98.6 cm³/mol. The van der Waals surface area contributed by atoms with Crippen LogP contribution < -0.4 is 5.32 Å². The van der Waals surface area contributed by atoms with Gasteiger partial charge in [0.1, 0.15) is 6.17 Å². The summed E-state index contributed by atoms with van der Waals surface area (Å²) in [6.07, 6.45) is -0.566. The van der Waals surface area contributed by atoms with Crippen LogP contribution in [0.4, 0.5) is 14.5 Å². The number of methoxy groups -OCH3 is 1.